The third-order valence-electron chi connectivity index (χ3n) is 12.3. The normalized spacial score (nSPS) is 28.8. The van der Waals surface area contributed by atoms with Crippen LogP contribution < -0.4 is 14.8 Å². The number of esters is 1. The van der Waals surface area contributed by atoms with Gasteiger partial charge in [0.05, 0.1) is 41.2 Å². The van der Waals surface area contributed by atoms with Gasteiger partial charge in [0.1, 0.15) is 23.4 Å². The van der Waals surface area contributed by atoms with Crippen molar-refractivity contribution >= 4 is 40.0 Å². The fourth-order valence-corrected chi connectivity index (χ4v) is 8.26. The van der Waals surface area contributed by atoms with E-state index in [1.165, 1.54) is 59.3 Å². The lowest BCUT2D eigenvalue weighted by Gasteiger charge is -2.38. The Kier molecular flexibility index (Phi) is 17.2. The number of fused-ring (bicyclic) bond motifs is 14. The van der Waals surface area contributed by atoms with Crippen LogP contribution in [0.3, 0.4) is 0 Å². The van der Waals surface area contributed by atoms with Gasteiger partial charge in [0.25, 0.3) is 17.6 Å². The third-order valence-corrected chi connectivity index (χ3v) is 12.3. The largest absolute Gasteiger partial charge is 0.507 e. The summed E-state index contributed by atoms with van der Waals surface area (Å²) in [4.78, 5) is 54.6. The number of nitrogens with zero attached hydrogens (tertiary/aromatic N) is 2. The van der Waals surface area contributed by atoms with Gasteiger partial charge in [-0.25, -0.2) is 5.01 Å². The minimum Gasteiger partial charge on any atom is -0.507 e. The molecule has 16 nitrogen and oxygen atoms in total. The molecule has 0 radical (unpaired) electrons. The number of hydrogen-bond donors (Lipinski definition) is 5. The van der Waals surface area contributed by atoms with Crippen LogP contribution in [0.4, 0.5) is 5.69 Å². The average Bonchev–Trinajstić information content (AvgIpc) is 3.52. The fourth-order valence-electron chi connectivity index (χ4n) is 8.26. The first-order valence-electron chi connectivity index (χ1n) is 21.7. The van der Waals surface area contributed by atoms with Gasteiger partial charge < -0.3 is 49.4 Å². The molecule has 3 aliphatic rings. The van der Waals surface area contributed by atoms with Crippen molar-refractivity contribution < 1.29 is 63.3 Å². The number of aromatic hydroxyl groups is 2. The van der Waals surface area contributed by atoms with E-state index in [0.717, 1.165) is 12.8 Å². The molecule has 0 fully saturated rings. The van der Waals surface area contributed by atoms with Crippen molar-refractivity contribution in [3.8, 4) is 23.0 Å². The molecule has 16 heteroatoms. The van der Waals surface area contributed by atoms with E-state index in [4.69, 9.17) is 23.7 Å². The van der Waals surface area contributed by atoms with E-state index in [0.29, 0.717) is 19.6 Å². The number of ketones is 1. The predicted octanol–water partition coefficient (Wildman–Crippen LogP) is 6.31. The van der Waals surface area contributed by atoms with Crippen molar-refractivity contribution in [2.24, 2.45) is 23.7 Å². The fraction of sp³-hybridized carbons (Fsp3) is 0.574. The molecule has 3 heterocycles. The molecule has 0 saturated heterocycles. The van der Waals surface area contributed by atoms with Crippen LogP contribution in [0.5, 0.6) is 23.0 Å². The summed E-state index contributed by atoms with van der Waals surface area (Å²) in [5.41, 5.74) is -0.0124. The number of phenolic OH excluding ortho intramolecular Hbond substituents is 2. The first-order chi connectivity index (χ1) is 29.7. The van der Waals surface area contributed by atoms with Crippen LogP contribution in [-0.2, 0) is 28.6 Å². The predicted molar refractivity (Wildman–Crippen MR) is 237 cm³/mol. The van der Waals surface area contributed by atoms with Gasteiger partial charge in [-0.2, -0.15) is 0 Å². The number of amides is 2. The quantitative estimate of drug-likeness (QED) is 0.0951. The molecular weight excluding hydrogens is 815 g/mol. The van der Waals surface area contributed by atoms with Crippen LogP contribution >= 0.6 is 0 Å². The highest BCUT2D eigenvalue weighted by Crippen LogP contribution is 2.54. The molecular formula is C47H67N3O13. The van der Waals surface area contributed by atoms with Crippen LogP contribution in [0.1, 0.15) is 98.0 Å². The molecule has 5 N–H and O–H groups in total. The molecule has 5 rings (SSSR count). The van der Waals surface area contributed by atoms with Gasteiger partial charge in [0.15, 0.2) is 12.4 Å². The Morgan fingerprint density at radius 3 is 2.21 bits per heavy atom. The smallest absolute Gasteiger partial charge is 0.312 e. The van der Waals surface area contributed by atoms with E-state index in [1.54, 1.807) is 44.9 Å². The van der Waals surface area contributed by atoms with Gasteiger partial charge in [0.2, 0.25) is 0 Å². The van der Waals surface area contributed by atoms with Gasteiger partial charge in [-0.15, -0.1) is 0 Å². The highest BCUT2D eigenvalue weighted by molar-refractivity contribution is 6.21. The van der Waals surface area contributed by atoms with Gasteiger partial charge in [-0.1, -0.05) is 73.1 Å². The lowest BCUT2D eigenvalue weighted by Crippen LogP contribution is -2.48. The number of aliphatic hydroxyl groups is 2. The van der Waals surface area contributed by atoms with Crippen LogP contribution in [0.25, 0.3) is 10.8 Å². The van der Waals surface area contributed by atoms with E-state index < -0.39 is 89.6 Å². The summed E-state index contributed by atoms with van der Waals surface area (Å²) in [5.74, 6) is -8.07. The number of benzene rings is 2. The molecule has 348 valence electrons. The number of ether oxygens (including phenoxy) is 5. The molecule has 2 aromatic rings. The second-order valence-corrected chi connectivity index (χ2v) is 16.7. The number of hydrogen-bond acceptors (Lipinski definition) is 14. The number of carbonyl (C=O) groups is 4. The van der Waals surface area contributed by atoms with Gasteiger partial charge in [0, 0.05) is 86.9 Å². The van der Waals surface area contributed by atoms with E-state index in [-0.39, 0.29) is 50.6 Å². The monoisotopic (exact) mass is 881 g/mol. The van der Waals surface area contributed by atoms with E-state index in [2.05, 4.69) is 5.32 Å². The number of rotatable bonds is 11. The Morgan fingerprint density at radius 1 is 0.937 bits per heavy atom. The Bertz CT molecular complexity index is 2100. The first-order valence-corrected chi connectivity index (χ1v) is 21.7. The Hall–Kier alpha value is -5.16. The van der Waals surface area contributed by atoms with E-state index in [1.807, 2.05) is 25.8 Å². The minimum absolute atomic E-state index is 0.0583. The van der Waals surface area contributed by atoms with E-state index >= 15 is 0 Å². The number of methoxy groups -OCH3 is 1. The van der Waals surface area contributed by atoms with E-state index in [9.17, 15) is 39.6 Å². The Balaban J connectivity index is 1.94. The van der Waals surface area contributed by atoms with Gasteiger partial charge in [-0.3, -0.25) is 24.2 Å². The highest BCUT2D eigenvalue weighted by atomic mass is 16.7. The number of anilines is 1. The number of nitrogens with one attached hydrogen (secondary N) is 1. The molecule has 2 aromatic carbocycles. The number of hydrazine groups is 1. The van der Waals surface area contributed by atoms with Crippen LogP contribution in [0.15, 0.2) is 42.2 Å². The number of phenols is 2. The summed E-state index contributed by atoms with van der Waals surface area (Å²) in [7, 11) is 1.44. The number of carbonyl (C=O) groups excluding carboxylic acids is 4. The second kappa shape index (κ2) is 21.5. The summed E-state index contributed by atoms with van der Waals surface area (Å²) in [5, 5.41) is 52.3. The number of allylic oxidation sites excluding steroid dienone is 2. The summed E-state index contributed by atoms with van der Waals surface area (Å²) < 4.78 is 30.0. The maximum Gasteiger partial charge on any atom is 0.312 e. The lowest BCUT2D eigenvalue weighted by atomic mass is 9.78. The molecule has 9 atom stereocenters. The van der Waals surface area contributed by atoms with Crippen LogP contribution in [0, 0.1) is 30.6 Å². The maximum atomic E-state index is 14.6. The minimum atomic E-state index is -2.04. The first kappa shape index (κ1) is 50.5. The molecule has 0 aromatic heterocycles. The van der Waals surface area contributed by atoms with Crippen molar-refractivity contribution in [2.75, 3.05) is 38.7 Å². The summed E-state index contributed by atoms with van der Waals surface area (Å²) in [6.07, 6.45) is 5.19. The topological polar surface area (TPSA) is 214 Å². The summed E-state index contributed by atoms with van der Waals surface area (Å²) in [6.45, 7) is 19.5. The Labute approximate surface area is 370 Å². The van der Waals surface area contributed by atoms with Crippen LogP contribution in [-0.4, -0.2) is 118 Å². The molecule has 0 saturated carbocycles. The molecule has 0 spiro atoms. The summed E-state index contributed by atoms with van der Waals surface area (Å²) in [6, 6.07) is 1.28. The molecule has 0 unspecified atom stereocenters. The zero-order chi connectivity index (χ0) is 47.1. The van der Waals surface area contributed by atoms with Gasteiger partial charge >= 0.3 is 11.8 Å². The number of Topliss-reactive ketones (excluding diaryl/α,β-unsaturated/α-hetero) is 1. The van der Waals surface area contributed by atoms with Crippen molar-refractivity contribution in [2.45, 2.75) is 119 Å². The Morgan fingerprint density at radius 2 is 1.60 bits per heavy atom. The van der Waals surface area contributed by atoms with Crippen molar-refractivity contribution in [1.82, 2.24) is 10.0 Å². The number of aliphatic hydroxyl groups excluding tert-OH is 2. The summed E-state index contributed by atoms with van der Waals surface area (Å²) >= 11 is 0. The lowest BCUT2D eigenvalue weighted by molar-refractivity contribution is -0.160. The number of unbranched alkanes of at least 4 members (excludes halogenated alkanes) is 1. The zero-order valence-corrected chi connectivity index (χ0v) is 38.7. The standard InChI is InChI=1S/C47H67N3O13/c1-13-16-21-50(49(14-2)15-3)35(52)24-60-34-23-32-42(56)37-36(34)38-44(30(9)41(37)55)63-47(11,45(38)57)61-22-20-33(59-12)27(6)43(62-31(10)51)29(8)40(54)28(7)39(53)25(4)18-17-19-26(5)46(58)48-32/h17-20,22-23,25,27-29,33,39-40,43,53-56H,13-16,21,24H2,1-12H3,(H,48,58)/b18-17+,22-20+,26-19-/t25-,27-,28-,29-,33+,39-,40+,43-,47+/m1/s1. The second-order valence-electron chi connectivity index (χ2n) is 16.7. The highest BCUT2D eigenvalue weighted by Gasteiger charge is 2.50. The van der Waals surface area contributed by atoms with Crippen LogP contribution in [0.2, 0.25) is 0 Å². The molecule has 5 bridgehead atoms. The van der Waals surface area contributed by atoms with Gasteiger partial charge in [-0.05, 0) is 26.3 Å². The zero-order valence-electron chi connectivity index (χ0n) is 38.7. The average molecular weight is 882 g/mol. The van der Waals surface area contributed by atoms with Crippen molar-refractivity contribution in [3.05, 3.63) is 53.3 Å². The molecule has 0 aliphatic carbocycles. The molecule has 63 heavy (non-hydrogen) atoms. The SMILES string of the molecule is CCCCN(C(=O)COc1cc2c(O)c3c(O)c(C)c4c(c13)C(=O)[C@@](C)(O/C=C/[C@H](OC)[C@@H](C)[C@@H](OC(C)=O)[C@H](C)[C@@H](O)[C@H](C)[C@H](O)[C@H](C)/C=C/C=C(/C)C(=O)N2)O4)N(CC)CC. The molecule has 3 aliphatic heterocycles. The molecule has 2 amide bonds. The van der Waals surface area contributed by atoms with Crippen molar-refractivity contribution in [3.63, 3.8) is 0 Å². The maximum absolute atomic E-state index is 14.6. The van der Waals surface area contributed by atoms with Crippen molar-refractivity contribution in [1.29, 1.82) is 0 Å². The third kappa shape index (κ3) is 10.8.